The van der Waals surface area contributed by atoms with Crippen molar-refractivity contribution in [3.63, 3.8) is 0 Å². The molecule has 2 aromatic rings. The number of rotatable bonds is 7. The van der Waals surface area contributed by atoms with Gasteiger partial charge < -0.3 is 25.8 Å². The summed E-state index contributed by atoms with van der Waals surface area (Å²) in [5.74, 6) is 0.728. The zero-order chi connectivity index (χ0) is 20.8. The fourth-order valence-electron chi connectivity index (χ4n) is 3.69. The van der Waals surface area contributed by atoms with Gasteiger partial charge in [0.15, 0.2) is 0 Å². The lowest BCUT2D eigenvalue weighted by Crippen LogP contribution is -2.41. The molecule has 3 rings (SSSR count). The first-order valence-electron chi connectivity index (χ1n) is 9.86. The number of nitrogens with zero attached hydrogens (tertiary/aromatic N) is 3. The van der Waals surface area contributed by atoms with Crippen LogP contribution >= 0.6 is 0 Å². The van der Waals surface area contributed by atoms with Gasteiger partial charge in [-0.1, -0.05) is 6.08 Å². The van der Waals surface area contributed by atoms with Crippen LogP contribution in [-0.2, 0) is 4.79 Å². The molecule has 1 aliphatic rings. The van der Waals surface area contributed by atoms with Crippen LogP contribution < -0.4 is 21.5 Å². The number of hydrogen-bond donors (Lipinski definition) is 3. The number of anilines is 2. The Morgan fingerprint density at radius 1 is 1.45 bits per heavy atom. The first-order valence-corrected chi connectivity index (χ1v) is 9.86. The second kappa shape index (κ2) is 9.38. The van der Waals surface area contributed by atoms with Crippen molar-refractivity contribution in [2.24, 2.45) is 5.73 Å². The quantitative estimate of drug-likeness (QED) is 0.611. The van der Waals surface area contributed by atoms with Crippen molar-refractivity contribution >= 4 is 17.4 Å². The molecule has 1 saturated heterocycles. The molecule has 154 valence electrons. The summed E-state index contributed by atoms with van der Waals surface area (Å²) in [6.07, 6.45) is 7.46. The highest BCUT2D eigenvalue weighted by Gasteiger charge is 2.30. The van der Waals surface area contributed by atoms with E-state index in [4.69, 9.17) is 5.73 Å². The summed E-state index contributed by atoms with van der Waals surface area (Å²) in [7, 11) is 1.82. The average Bonchev–Trinajstić information content (AvgIpc) is 3.24. The van der Waals surface area contributed by atoms with E-state index in [-0.39, 0.29) is 17.5 Å². The summed E-state index contributed by atoms with van der Waals surface area (Å²) in [6, 6.07) is 5.86. The fourth-order valence-corrected chi connectivity index (χ4v) is 3.69. The van der Waals surface area contributed by atoms with Gasteiger partial charge in [0.25, 0.3) is 5.56 Å². The summed E-state index contributed by atoms with van der Waals surface area (Å²) in [6.45, 7) is 4.30. The van der Waals surface area contributed by atoms with Crippen LogP contribution in [0.3, 0.4) is 0 Å². The third-order valence-electron chi connectivity index (χ3n) is 5.20. The van der Waals surface area contributed by atoms with Gasteiger partial charge in [0.05, 0.1) is 0 Å². The molecule has 1 atom stereocenters. The molecular weight excluding hydrogens is 368 g/mol. The molecule has 3 heterocycles. The molecule has 1 aliphatic heterocycles. The number of amides is 1. The lowest BCUT2D eigenvalue weighted by molar-refractivity contribution is -0.125. The molecule has 1 amide bonds. The maximum Gasteiger partial charge on any atom is 0.271 e. The Bertz CT molecular complexity index is 939. The Morgan fingerprint density at radius 2 is 2.28 bits per heavy atom. The molecule has 29 heavy (non-hydrogen) atoms. The van der Waals surface area contributed by atoms with Crippen LogP contribution in [0.5, 0.6) is 0 Å². The molecule has 8 nitrogen and oxygen atoms in total. The summed E-state index contributed by atoms with van der Waals surface area (Å²) >= 11 is 0. The van der Waals surface area contributed by atoms with Crippen molar-refractivity contribution in [2.45, 2.75) is 19.4 Å². The van der Waals surface area contributed by atoms with Crippen molar-refractivity contribution in [2.75, 3.05) is 43.4 Å². The van der Waals surface area contributed by atoms with Gasteiger partial charge in [-0.2, -0.15) is 0 Å². The van der Waals surface area contributed by atoms with Gasteiger partial charge in [0, 0.05) is 63.3 Å². The monoisotopic (exact) mass is 396 g/mol. The largest absolute Gasteiger partial charge is 0.373 e. The zero-order valence-corrected chi connectivity index (χ0v) is 16.9. The van der Waals surface area contributed by atoms with Crippen LogP contribution in [-0.4, -0.2) is 60.0 Å². The van der Waals surface area contributed by atoms with Gasteiger partial charge in [0.2, 0.25) is 5.91 Å². The van der Waals surface area contributed by atoms with Crippen molar-refractivity contribution in [3.05, 3.63) is 53.1 Å². The normalized spacial score (nSPS) is 16.4. The summed E-state index contributed by atoms with van der Waals surface area (Å²) in [5.41, 5.74) is 7.79. The van der Waals surface area contributed by atoms with Gasteiger partial charge in [-0.3, -0.25) is 9.59 Å². The van der Waals surface area contributed by atoms with Crippen LogP contribution in [0.15, 0.2) is 47.5 Å². The summed E-state index contributed by atoms with van der Waals surface area (Å²) in [5, 5.41) is 3.03. The summed E-state index contributed by atoms with van der Waals surface area (Å²) in [4.78, 5) is 35.9. The Kier molecular flexibility index (Phi) is 6.66. The van der Waals surface area contributed by atoms with E-state index in [1.54, 1.807) is 23.4 Å². The summed E-state index contributed by atoms with van der Waals surface area (Å²) < 4.78 is 0. The second-order valence-electron chi connectivity index (χ2n) is 6.93. The second-order valence-corrected chi connectivity index (χ2v) is 6.93. The number of carbonyl (C=O) groups is 1. The number of pyridine rings is 2. The number of likely N-dealkylation sites (tertiary alicyclic amines) is 1. The molecule has 0 bridgehead atoms. The zero-order valence-electron chi connectivity index (χ0n) is 16.9. The van der Waals surface area contributed by atoms with Crippen molar-refractivity contribution in [3.8, 4) is 11.1 Å². The minimum absolute atomic E-state index is 0.0342. The van der Waals surface area contributed by atoms with E-state index in [1.807, 2.05) is 32.2 Å². The minimum Gasteiger partial charge on any atom is -0.373 e. The number of likely N-dealkylation sites (N-methyl/N-ethyl adjacent to an activating group) is 1. The molecule has 0 aliphatic carbocycles. The van der Waals surface area contributed by atoms with E-state index >= 15 is 0 Å². The maximum absolute atomic E-state index is 12.6. The Morgan fingerprint density at radius 3 is 3.00 bits per heavy atom. The van der Waals surface area contributed by atoms with E-state index in [0.29, 0.717) is 31.9 Å². The lowest BCUT2D eigenvalue weighted by atomic mass is 10.1. The number of H-pyrrole nitrogens is 1. The number of hydrogen-bond acceptors (Lipinski definition) is 6. The number of nitrogens with two attached hydrogens (primary N) is 1. The van der Waals surface area contributed by atoms with E-state index in [2.05, 4.69) is 20.2 Å². The highest BCUT2D eigenvalue weighted by Crippen LogP contribution is 2.26. The van der Waals surface area contributed by atoms with E-state index in [9.17, 15) is 9.59 Å². The van der Waals surface area contributed by atoms with Gasteiger partial charge in [-0.05, 0) is 37.1 Å². The van der Waals surface area contributed by atoms with Crippen LogP contribution in [0.25, 0.3) is 11.1 Å². The number of aromatic amines is 1. The average molecular weight is 396 g/mol. The van der Waals surface area contributed by atoms with Gasteiger partial charge in [0.1, 0.15) is 11.5 Å². The number of aromatic nitrogens is 2. The number of nitrogens with one attached hydrogen (secondary N) is 2. The third kappa shape index (κ3) is 4.65. The molecule has 0 aromatic carbocycles. The first kappa shape index (κ1) is 20.6. The standard InChI is InChI=1S/C21H28N6O2/c1-3-27(17-7-10-26(14-17)20(28)5-4-8-22)18-11-16(13-25-21(18)29)15-6-9-24-19(12-15)23-2/h4-6,9,11-13,17H,3,7-8,10,14,22H2,1-2H3,(H,23,24)(H,25,29)/b5-4+/t17-/m0/s1. The maximum atomic E-state index is 12.6. The van der Waals surface area contributed by atoms with Crippen LogP contribution in [0, 0.1) is 0 Å². The Labute approximate surface area is 170 Å². The lowest BCUT2D eigenvalue weighted by Gasteiger charge is -2.29. The fraction of sp³-hybridized carbons (Fsp3) is 0.381. The van der Waals surface area contributed by atoms with Crippen LogP contribution in [0.1, 0.15) is 13.3 Å². The van der Waals surface area contributed by atoms with Gasteiger partial charge in [-0.15, -0.1) is 0 Å². The molecule has 1 fully saturated rings. The predicted octanol–water partition coefficient (Wildman–Crippen LogP) is 1.42. The van der Waals surface area contributed by atoms with E-state index in [1.165, 1.54) is 6.08 Å². The van der Waals surface area contributed by atoms with Gasteiger partial charge >= 0.3 is 0 Å². The first-order chi connectivity index (χ1) is 14.1. The van der Waals surface area contributed by atoms with Crippen LogP contribution in [0.4, 0.5) is 11.5 Å². The number of carbonyl (C=O) groups excluding carboxylic acids is 1. The van der Waals surface area contributed by atoms with Crippen LogP contribution in [0.2, 0.25) is 0 Å². The predicted molar refractivity (Wildman–Crippen MR) is 116 cm³/mol. The SMILES string of the molecule is CCN(c1cc(-c2ccnc(NC)c2)c[nH]c1=O)[C@H]1CCN(C(=O)/C=C/CN)C1. The highest BCUT2D eigenvalue weighted by atomic mass is 16.2. The molecule has 4 N–H and O–H groups in total. The molecule has 0 radical (unpaired) electrons. The molecule has 0 unspecified atom stereocenters. The van der Waals surface area contributed by atoms with Gasteiger partial charge in [-0.25, -0.2) is 4.98 Å². The van der Waals surface area contributed by atoms with Crippen molar-refractivity contribution < 1.29 is 4.79 Å². The smallest absolute Gasteiger partial charge is 0.271 e. The van der Waals surface area contributed by atoms with Crippen molar-refractivity contribution in [1.29, 1.82) is 0 Å². The molecule has 0 saturated carbocycles. The topological polar surface area (TPSA) is 107 Å². The molecule has 2 aromatic heterocycles. The molecular formula is C21H28N6O2. The van der Waals surface area contributed by atoms with Crippen molar-refractivity contribution in [1.82, 2.24) is 14.9 Å². The minimum atomic E-state index is -0.133. The molecule has 0 spiro atoms. The highest BCUT2D eigenvalue weighted by molar-refractivity contribution is 5.88. The Hall–Kier alpha value is -3.13. The Balaban J connectivity index is 1.85. The van der Waals surface area contributed by atoms with E-state index < -0.39 is 0 Å². The van der Waals surface area contributed by atoms with E-state index in [0.717, 1.165) is 23.4 Å². The molecule has 8 heteroatoms. The third-order valence-corrected chi connectivity index (χ3v) is 5.20.